The van der Waals surface area contributed by atoms with Crippen LogP contribution in [0, 0.1) is 0 Å². The maximum atomic E-state index is 12.8. The first kappa shape index (κ1) is 19.1. The smallest absolute Gasteiger partial charge is 0.164 e. The molecule has 0 aliphatic carbocycles. The van der Waals surface area contributed by atoms with E-state index < -0.39 is 0 Å². The van der Waals surface area contributed by atoms with Gasteiger partial charge >= 0.3 is 0 Å². The van der Waals surface area contributed by atoms with Crippen LogP contribution < -0.4 is 9.47 Å². The van der Waals surface area contributed by atoms with E-state index in [0.717, 1.165) is 27.5 Å². The summed E-state index contributed by atoms with van der Waals surface area (Å²) in [6.45, 7) is 0. The molecular formula is C23H22O3S. The van der Waals surface area contributed by atoms with Crippen molar-refractivity contribution in [3.05, 3.63) is 90.0 Å². The molecule has 0 aliphatic heterocycles. The number of ether oxygens (including phenoxy) is 2. The van der Waals surface area contributed by atoms with Crippen LogP contribution in [-0.4, -0.2) is 20.0 Å². The summed E-state index contributed by atoms with van der Waals surface area (Å²) in [5.74, 6) is 1.66. The van der Waals surface area contributed by atoms with Crippen molar-refractivity contribution in [3.8, 4) is 11.5 Å². The lowest BCUT2D eigenvalue weighted by molar-refractivity contribution is 0.0982. The van der Waals surface area contributed by atoms with E-state index in [1.807, 2.05) is 66.7 Å². The minimum absolute atomic E-state index is 0.0279. The molecule has 0 aliphatic rings. The van der Waals surface area contributed by atoms with Crippen LogP contribution in [0.25, 0.3) is 0 Å². The molecule has 3 rings (SSSR count). The molecule has 0 heterocycles. The molecule has 0 spiro atoms. The minimum atomic E-state index is -0.0279. The maximum Gasteiger partial charge on any atom is 0.164 e. The van der Waals surface area contributed by atoms with Crippen molar-refractivity contribution in [1.29, 1.82) is 0 Å². The Morgan fingerprint density at radius 2 is 1.56 bits per heavy atom. The van der Waals surface area contributed by atoms with Gasteiger partial charge in [0.2, 0.25) is 0 Å². The predicted molar refractivity (Wildman–Crippen MR) is 110 cm³/mol. The summed E-state index contributed by atoms with van der Waals surface area (Å²) in [7, 11) is 3.29. The fourth-order valence-electron chi connectivity index (χ4n) is 2.83. The Bertz CT molecular complexity index is 879. The average molecular weight is 378 g/mol. The molecule has 3 aromatic rings. The highest BCUT2D eigenvalue weighted by molar-refractivity contribution is 7.99. The lowest BCUT2D eigenvalue weighted by Crippen LogP contribution is -2.05. The van der Waals surface area contributed by atoms with Crippen molar-refractivity contribution < 1.29 is 14.3 Å². The summed E-state index contributed by atoms with van der Waals surface area (Å²) in [5, 5.41) is -0.0279. The van der Waals surface area contributed by atoms with E-state index in [2.05, 4.69) is 12.1 Å². The maximum absolute atomic E-state index is 12.8. The Balaban J connectivity index is 1.90. The number of benzene rings is 3. The third-order valence-electron chi connectivity index (χ3n) is 4.28. The molecule has 0 saturated carbocycles. The first-order valence-corrected chi connectivity index (χ1v) is 9.61. The van der Waals surface area contributed by atoms with Crippen LogP contribution in [-0.2, 0) is 0 Å². The number of Topliss-reactive ketones (excluding diaryl/α,β-unsaturated/α-hetero) is 1. The Morgan fingerprint density at radius 1 is 0.889 bits per heavy atom. The van der Waals surface area contributed by atoms with Gasteiger partial charge < -0.3 is 9.47 Å². The van der Waals surface area contributed by atoms with E-state index in [1.165, 1.54) is 0 Å². The van der Waals surface area contributed by atoms with Crippen molar-refractivity contribution in [1.82, 2.24) is 0 Å². The van der Waals surface area contributed by atoms with Crippen LogP contribution in [0.5, 0.6) is 11.5 Å². The van der Waals surface area contributed by atoms with Crippen molar-refractivity contribution in [2.24, 2.45) is 0 Å². The van der Waals surface area contributed by atoms with Crippen LogP contribution in [0.4, 0.5) is 0 Å². The molecule has 3 nitrogen and oxygen atoms in total. The number of hydrogen-bond acceptors (Lipinski definition) is 4. The zero-order valence-corrected chi connectivity index (χ0v) is 16.2. The Morgan fingerprint density at radius 3 is 2.19 bits per heavy atom. The second-order valence-electron chi connectivity index (χ2n) is 6.03. The van der Waals surface area contributed by atoms with Crippen LogP contribution >= 0.6 is 11.8 Å². The average Bonchev–Trinajstić information content (AvgIpc) is 2.74. The zero-order chi connectivity index (χ0) is 19.1. The SMILES string of the molecule is COc1ccc(OC)c(S[C@@H](CC(=O)c2ccccc2)c2ccccc2)c1. The molecule has 0 fully saturated rings. The number of carbonyl (C=O) groups is 1. The van der Waals surface area contributed by atoms with E-state index in [4.69, 9.17) is 9.47 Å². The molecule has 0 aromatic heterocycles. The minimum Gasteiger partial charge on any atom is -0.497 e. The van der Waals surface area contributed by atoms with E-state index in [0.29, 0.717) is 6.42 Å². The van der Waals surface area contributed by atoms with Crippen molar-refractivity contribution in [3.63, 3.8) is 0 Å². The van der Waals surface area contributed by atoms with Gasteiger partial charge in [-0.05, 0) is 23.8 Å². The highest BCUT2D eigenvalue weighted by Crippen LogP contribution is 2.43. The van der Waals surface area contributed by atoms with Gasteiger partial charge in [-0.25, -0.2) is 0 Å². The second kappa shape index (κ2) is 9.28. The van der Waals surface area contributed by atoms with Gasteiger partial charge in [0.1, 0.15) is 11.5 Å². The Labute approximate surface area is 164 Å². The van der Waals surface area contributed by atoms with Gasteiger partial charge in [-0.2, -0.15) is 0 Å². The molecule has 0 bridgehead atoms. The van der Waals surface area contributed by atoms with Crippen LogP contribution in [0.1, 0.15) is 27.6 Å². The molecule has 0 amide bonds. The predicted octanol–water partition coefficient (Wildman–Crippen LogP) is 5.81. The van der Waals surface area contributed by atoms with Crippen molar-refractivity contribution in [2.45, 2.75) is 16.6 Å². The summed E-state index contributed by atoms with van der Waals surface area (Å²) in [6, 6.07) is 25.2. The van der Waals surface area contributed by atoms with Gasteiger partial charge in [0.05, 0.1) is 19.1 Å². The number of thioether (sulfide) groups is 1. The fraction of sp³-hybridized carbons (Fsp3) is 0.174. The number of methoxy groups -OCH3 is 2. The van der Waals surface area contributed by atoms with Gasteiger partial charge in [0.25, 0.3) is 0 Å². The summed E-state index contributed by atoms with van der Waals surface area (Å²) in [5.41, 5.74) is 1.84. The van der Waals surface area contributed by atoms with E-state index in [1.54, 1.807) is 26.0 Å². The van der Waals surface area contributed by atoms with Crippen molar-refractivity contribution >= 4 is 17.5 Å². The molecule has 0 radical (unpaired) electrons. The van der Waals surface area contributed by atoms with Crippen LogP contribution in [0.2, 0.25) is 0 Å². The number of ketones is 1. The second-order valence-corrected chi connectivity index (χ2v) is 7.27. The molecule has 138 valence electrons. The topological polar surface area (TPSA) is 35.5 Å². The quantitative estimate of drug-likeness (QED) is 0.366. The highest BCUT2D eigenvalue weighted by atomic mass is 32.2. The van der Waals surface area contributed by atoms with Gasteiger partial charge in [0, 0.05) is 17.2 Å². The third kappa shape index (κ3) is 4.92. The van der Waals surface area contributed by atoms with E-state index >= 15 is 0 Å². The molecule has 0 saturated heterocycles. The zero-order valence-electron chi connectivity index (χ0n) is 15.4. The van der Waals surface area contributed by atoms with Gasteiger partial charge in [-0.3, -0.25) is 4.79 Å². The van der Waals surface area contributed by atoms with Crippen LogP contribution in [0.3, 0.4) is 0 Å². The lowest BCUT2D eigenvalue weighted by atomic mass is 10.0. The third-order valence-corrected chi connectivity index (χ3v) is 5.57. The molecule has 4 heteroatoms. The van der Waals surface area contributed by atoms with Gasteiger partial charge in [0.15, 0.2) is 5.78 Å². The molecule has 27 heavy (non-hydrogen) atoms. The van der Waals surface area contributed by atoms with Crippen LogP contribution in [0.15, 0.2) is 83.8 Å². The normalized spacial score (nSPS) is 11.6. The lowest BCUT2D eigenvalue weighted by Gasteiger charge is -2.19. The molecular weight excluding hydrogens is 356 g/mol. The number of carbonyl (C=O) groups excluding carboxylic acids is 1. The number of rotatable bonds is 8. The number of hydrogen-bond donors (Lipinski definition) is 0. The summed E-state index contributed by atoms with van der Waals surface area (Å²) < 4.78 is 10.9. The fourth-order valence-corrected chi connectivity index (χ4v) is 4.12. The molecule has 0 unspecified atom stereocenters. The van der Waals surface area contributed by atoms with E-state index in [9.17, 15) is 4.79 Å². The monoisotopic (exact) mass is 378 g/mol. The van der Waals surface area contributed by atoms with Gasteiger partial charge in [-0.15, -0.1) is 11.8 Å². The van der Waals surface area contributed by atoms with E-state index in [-0.39, 0.29) is 11.0 Å². The molecule has 0 N–H and O–H groups in total. The van der Waals surface area contributed by atoms with Gasteiger partial charge in [-0.1, -0.05) is 60.7 Å². The molecule has 1 atom stereocenters. The standard InChI is InChI=1S/C23H22O3S/c1-25-19-13-14-21(26-2)23(15-19)27-22(18-11-7-4-8-12-18)16-20(24)17-9-5-3-6-10-17/h3-15,22H,16H2,1-2H3/t22-/m0/s1. The Hall–Kier alpha value is -2.72. The Kier molecular flexibility index (Phi) is 6.55. The molecule has 3 aromatic carbocycles. The summed E-state index contributed by atoms with van der Waals surface area (Å²) in [4.78, 5) is 13.8. The summed E-state index contributed by atoms with van der Waals surface area (Å²) >= 11 is 1.62. The first-order chi connectivity index (χ1) is 13.2. The largest absolute Gasteiger partial charge is 0.497 e. The first-order valence-electron chi connectivity index (χ1n) is 8.73. The van der Waals surface area contributed by atoms with Crippen molar-refractivity contribution in [2.75, 3.05) is 14.2 Å². The summed E-state index contributed by atoms with van der Waals surface area (Å²) in [6.07, 6.45) is 0.402. The highest BCUT2D eigenvalue weighted by Gasteiger charge is 2.20.